The van der Waals surface area contributed by atoms with Crippen LogP contribution in [0, 0.1) is 0 Å². The monoisotopic (exact) mass is 306 g/mol. The van der Waals surface area contributed by atoms with E-state index in [4.69, 9.17) is 4.74 Å². The Bertz CT molecular complexity index is 506. The molecule has 0 spiro atoms. The molecule has 1 aromatic rings. The van der Waals surface area contributed by atoms with E-state index in [1.54, 1.807) is 0 Å². The van der Waals surface area contributed by atoms with Crippen LogP contribution in [0.25, 0.3) is 0 Å². The molecule has 1 fully saturated rings. The van der Waals surface area contributed by atoms with Crippen LogP contribution in [0.2, 0.25) is 0 Å². The highest BCUT2D eigenvalue weighted by atomic mass is 16.5. The number of hydrogen-bond donors (Lipinski definition) is 1. The Morgan fingerprint density at radius 2 is 2.09 bits per heavy atom. The van der Waals surface area contributed by atoms with Crippen molar-refractivity contribution in [2.45, 2.75) is 32.9 Å². The van der Waals surface area contributed by atoms with E-state index in [0.717, 1.165) is 31.7 Å². The first-order chi connectivity index (χ1) is 10.6. The number of ether oxygens (including phenoxy) is 1. The number of piperazine rings is 1. The molecule has 1 aliphatic heterocycles. The maximum atomic E-state index is 11.9. The van der Waals surface area contributed by atoms with Gasteiger partial charge in [0.15, 0.2) is 0 Å². The number of carboxylic acids is 1. The number of benzene rings is 1. The second-order valence-electron chi connectivity index (χ2n) is 5.68. The summed E-state index contributed by atoms with van der Waals surface area (Å²) >= 11 is 0. The lowest BCUT2D eigenvalue weighted by atomic mass is 10.0. The SMILES string of the molecule is CCOc1ccccc1C(C(=O)O)N1CCN(CC)C(C)C1. The van der Waals surface area contributed by atoms with Gasteiger partial charge in [0.1, 0.15) is 11.8 Å². The first kappa shape index (κ1) is 16.8. The van der Waals surface area contributed by atoms with E-state index in [0.29, 0.717) is 18.4 Å². The largest absolute Gasteiger partial charge is 0.494 e. The van der Waals surface area contributed by atoms with E-state index in [2.05, 4.69) is 23.6 Å². The molecule has 2 atom stereocenters. The molecule has 1 N–H and O–H groups in total. The second kappa shape index (κ2) is 7.61. The molecule has 5 nitrogen and oxygen atoms in total. The molecule has 122 valence electrons. The Morgan fingerprint density at radius 3 is 2.68 bits per heavy atom. The van der Waals surface area contributed by atoms with Gasteiger partial charge in [0.2, 0.25) is 0 Å². The summed E-state index contributed by atoms with van der Waals surface area (Å²) in [5.74, 6) is -0.146. The minimum Gasteiger partial charge on any atom is -0.494 e. The number of carbonyl (C=O) groups is 1. The smallest absolute Gasteiger partial charge is 0.325 e. The van der Waals surface area contributed by atoms with Crippen LogP contribution in [-0.2, 0) is 4.79 Å². The van der Waals surface area contributed by atoms with E-state index in [1.165, 1.54) is 0 Å². The van der Waals surface area contributed by atoms with Crippen LogP contribution < -0.4 is 4.74 Å². The van der Waals surface area contributed by atoms with Crippen molar-refractivity contribution < 1.29 is 14.6 Å². The molecule has 1 aliphatic rings. The van der Waals surface area contributed by atoms with Crippen LogP contribution in [0.15, 0.2) is 24.3 Å². The number of para-hydroxylation sites is 1. The third kappa shape index (κ3) is 3.59. The zero-order chi connectivity index (χ0) is 16.1. The zero-order valence-corrected chi connectivity index (χ0v) is 13.7. The highest BCUT2D eigenvalue weighted by Crippen LogP contribution is 2.31. The molecule has 0 aromatic heterocycles. The quantitative estimate of drug-likeness (QED) is 0.873. The first-order valence-electron chi connectivity index (χ1n) is 8.01. The standard InChI is InChI=1S/C17H26N2O3/c1-4-18-10-11-19(12-13(18)3)16(17(20)21)14-8-6-7-9-15(14)22-5-2/h6-9,13,16H,4-5,10-12H2,1-3H3,(H,20,21). The lowest BCUT2D eigenvalue weighted by Crippen LogP contribution is -2.53. The fourth-order valence-electron chi connectivity index (χ4n) is 3.21. The van der Waals surface area contributed by atoms with Crippen molar-refractivity contribution in [1.29, 1.82) is 0 Å². The van der Waals surface area contributed by atoms with Crippen molar-refractivity contribution >= 4 is 5.97 Å². The molecule has 0 bridgehead atoms. The first-order valence-corrected chi connectivity index (χ1v) is 8.01. The molecule has 1 saturated heterocycles. The molecule has 22 heavy (non-hydrogen) atoms. The van der Waals surface area contributed by atoms with Gasteiger partial charge >= 0.3 is 5.97 Å². The zero-order valence-electron chi connectivity index (χ0n) is 13.7. The molecule has 0 saturated carbocycles. The van der Waals surface area contributed by atoms with Crippen LogP contribution in [0.3, 0.4) is 0 Å². The molecule has 0 amide bonds. The molecular weight excluding hydrogens is 280 g/mol. The van der Waals surface area contributed by atoms with Crippen LogP contribution in [-0.4, -0.2) is 59.7 Å². The second-order valence-corrected chi connectivity index (χ2v) is 5.68. The summed E-state index contributed by atoms with van der Waals surface area (Å²) in [5, 5.41) is 9.77. The van der Waals surface area contributed by atoms with Gasteiger partial charge in [-0.2, -0.15) is 0 Å². The number of rotatable bonds is 6. The number of hydrogen-bond acceptors (Lipinski definition) is 4. The summed E-state index contributed by atoms with van der Waals surface area (Å²) in [7, 11) is 0. The van der Waals surface area contributed by atoms with Crippen molar-refractivity contribution in [1.82, 2.24) is 9.80 Å². The van der Waals surface area contributed by atoms with Gasteiger partial charge in [-0.05, 0) is 26.5 Å². The molecule has 0 radical (unpaired) electrons. The van der Waals surface area contributed by atoms with Crippen molar-refractivity contribution in [2.75, 3.05) is 32.8 Å². The Balaban J connectivity index is 2.26. The Hall–Kier alpha value is -1.59. The van der Waals surface area contributed by atoms with Crippen LogP contribution in [0.5, 0.6) is 5.75 Å². The summed E-state index contributed by atoms with van der Waals surface area (Å²) in [4.78, 5) is 16.3. The third-order valence-corrected chi connectivity index (χ3v) is 4.32. The molecular formula is C17H26N2O3. The lowest BCUT2D eigenvalue weighted by molar-refractivity contribution is -0.145. The maximum absolute atomic E-state index is 11.9. The van der Waals surface area contributed by atoms with Gasteiger partial charge in [0, 0.05) is 31.2 Å². The van der Waals surface area contributed by atoms with E-state index < -0.39 is 12.0 Å². The van der Waals surface area contributed by atoms with E-state index >= 15 is 0 Å². The predicted molar refractivity (Wildman–Crippen MR) is 86.3 cm³/mol. The van der Waals surface area contributed by atoms with E-state index in [9.17, 15) is 9.90 Å². The van der Waals surface area contributed by atoms with Crippen molar-refractivity contribution in [3.8, 4) is 5.75 Å². The molecule has 2 unspecified atom stereocenters. The number of carboxylic acid groups (broad SMARTS) is 1. The minimum atomic E-state index is -0.815. The average molecular weight is 306 g/mol. The van der Waals surface area contributed by atoms with E-state index in [-0.39, 0.29) is 0 Å². The maximum Gasteiger partial charge on any atom is 0.325 e. The highest BCUT2D eigenvalue weighted by molar-refractivity contribution is 5.76. The molecule has 1 aromatic carbocycles. The predicted octanol–water partition coefficient (Wildman–Crippen LogP) is 2.24. The summed E-state index contributed by atoms with van der Waals surface area (Å²) in [6, 6.07) is 7.18. The molecule has 1 heterocycles. The molecule has 2 rings (SSSR count). The number of likely N-dealkylation sites (N-methyl/N-ethyl adjacent to an activating group) is 1. The fraction of sp³-hybridized carbons (Fsp3) is 0.588. The molecule has 5 heteroatoms. The van der Waals surface area contributed by atoms with Gasteiger partial charge < -0.3 is 9.84 Å². The topological polar surface area (TPSA) is 53.0 Å². The van der Waals surface area contributed by atoms with Crippen LogP contribution >= 0.6 is 0 Å². The number of aliphatic carboxylic acids is 1. The van der Waals surface area contributed by atoms with Crippen molar-refractivity contribution in [3.63, 3.8) is 0 Å². The Labute approximate surface area is 132 Å². The van der Waals surface area contributed by atoms with Gasteiger partial charge in [0.05, 0.1) is 6.61 Å². The van der Waals surface area contributed by atoms with Crippen molar-refractivity contribution in [3.05, 3.63) is 29.8 Å². The normalized spacial score (nSPS) is 21.5. The Kier molecular flexibility index (Phi) is 5.80. The van der Waals surface area contributed by atoms with E-state index in [1.807, 2.05) is 31.2 Å². The van der Waals surface area contributed by atoms with Gasteiger partial charge in [-0.25, -0.2) is 0 Å². The summed E-state index contributed by atoms with van der Waals surface area (Å²) in [5.41, 5.74) is 0.744. The lowest BCUT2D eigenvalue weighted by Gasteiger charge is -2.42. The van der Waals surface area contributed by atoms with Crippen LogP contribution in [0.4, 0.5) is 0 Å². The molecule has 0 aliphatic carbocycles. The average Bonchev–Trinajstić information content (AvgIpc) is 2.49. The van der Waals surface area contributed by atoms with Gasteiger partial charge in [-0.15, -0.1) is 0 Å². The summed E-state index contributed by atoms with van der Waals surface area (Å²) < 4.78 is 5.63. The Morgan fingerprint density at radius 1 is 1.36 bits per heavy atom. The van der Waals surface area contributed by atoms with Gasteiger partial charge in [0.25, 0.3) is 0 Å². The minimum absolute atomic E-state index is 0.361. The fourth-order valence-corrected chi connectivity index (χ4v) is 3.21. The summed E-state index contributed by atoms with van der Waals surface area (Å²) in [6.45, 7) is 10.2. The van der Waals surface area contributed by atoms with Crippen LogP contribution in [0.1, 0.15) is 32.4 Å². The highest BCUT2D eigenvalue weighted by Gasteiger charge is 2.34. The van der Waals surface area contributed by atoms with Crippen molar-refractivity contribution in [2.24, 2.45) is 0 Å². The third-order valence-electron chi connectivity index (χ3n) is 4.32. The summed E-state index contributed by atoms with van der Waals surface area (Å²) in [6.07, 6.45) is 0. The van der Waals surface area contributed by atoms with Gasteiger partial charge in [-0.1, -0.05) is 25.1 Å². The number of nitrogens with zero attached hydrogens (tertiary/aromatic N) is 2. The van der Waals surface area contributed by atoms with Gasteiger partial charge in [-0.3, -0.25) is 14.6 Å².